The zero-order valence-electron chi connectivity index (χ0n) is 39.4. The van der Waals surface area contributed by atoms with Gasteiger partial charge in [0.15, 0.2) is 6.10 Å². The molecule has 0 radical (unpaired) electrons. The van der Waals surface area contributed by atoms with E-state index in [1.54, 1.807) is 0 Å². The molecule has 0 heterocycles. The van der Waals surface area contributed by atoms with Crippen molar-refractivity contribution in [2.24, 2.45) is 0 Å². The average Bonchev–Trinajstić information content (AvgIpc) is 3.26. The number of carbonyl (C=O) groups excluding carboxylic acids is 3. The molecule has 0 amide bonds. The monoisotopic (exact) mass is 847 g/mol. The van der Waals surface area contributed by atoms with Gasteiger partial charge in [0.2, 0.25) is 0 Å². The highest BCUT2D eigenvalue weighted by molar-refractivity contribution is 5.71. The number of esters is 3. The lowest BCUT2D eigenvalue weighted by atomic mass is 10.0. The van der Waals surface area contributed by atoms with E-state index in [9.17, 15) is 14.4 Å². The molecule has 0 saturated carbocycles. The summed E-state index contributed by atoms with van der Waals surface area (Å²) in [6.45, 7) is 6.29. The van der Waals surface area contributed by atoms with Gasteiger partial charge in [0.05, 0.1) is 0 Å². The summed E-state index contributed by atoms with van der Waals surface area (Å²) in [5, 5.41) is 0. The van der Waals surface area contributed by atoms with Gasteiger partial charge in [-0.2, -0.15) is 0 Å². The number of carbonyl (C=O) groups is 3. The van der Waals surface area contributed by atoms with Crippen molar-refractivity contribution in [3.63, 3.8) is 0 Å². The molecular formula is C55H90O6. The molecule has 6 nitrogen and oxygen atoms in total. The highest BCUT2D eigenvalue weighted by Crippen LogP contribution is 2.15. The van der Waals surface area contributed by atoms with Gasteiger partial charge in [0.25, 0.3) is 0 Å². The molecule has 0 aromatic heterocycles. The van der Waals surface area contributed by atoms with Crippen molar-refractivity contribution in [2.45, 2.75) is 219 Å². The number of hydrogen-bond acceptors (Lipinski definition) is 6. The lowest BCUT2D eigenvalue weighted by Gasteiger charge is -2.18. The Bertz CT molecular complexity index is 1250. The fourth-order valence-electron chi connectivity index (χ4n) is 6.54. The van der Waals surface area contributed by atoms with Crippen LogP contribution in [0.1, 0.15) is 213 Å². The largest absolute Gasteiger partial charge is 0.462 e. The molecule has 0 aromatic carbocycles. The van der Waals surface area contributed by atoms with Crippen LogP contribution in [0.25, 0.3) is 0 Å². The van der Waals surface area contributed by atoms with Crippen LogP contribution in [0, 0.1) is 0 Å². The SMILES string of the molecule is CC\C=C/C=C\C=C/C=C\C=C/CCCCCC(=O)OC(COC(=O)CCC/C=C\C/C=C\C/C=C\CC)COC(=O)CCCCCCCCCCCCCCCCCCC. The molecule has 346 valence electrons. The summed E-state index contributed by atoms with van der Waals surface area (Å²) in [5.41, 5.74) is 0. The molecule has 1 unspecified atom stereocenters. The van der Waals surface area contributed by atoms with Crippen molar-refractivity contribution >= 4 is 17.9 Å². The highest BCUT2D eigenvalue weighted by Gasteiger charge is 2.19. The molecule has 0 aliphatic rings. The van der Waals surface area contributed by atoms with E-state index in [1.807, 2.05) is 48.6 Å². The number of ether oxygens (including phenoxy) is 3. The molecule has 0 bridgehead atoms. The fourth-order valence-corrected chi connectivity index (χ4v) is 6.54. The van der Waals surface area contributed by atoms with E-state index < -0.39 is 6.10 Å². The van der Waals surface area contributed by atoms with Gasteiger partial charge in [-0.25, -0.2) is 0 Å². The molecule has 0 saturated heterocycles. The molecule has 0 N–H and O–H groups in total. The molecule has 0 aliphatic heterocycles. The van der Waals surface area contributed by atoms with E-state index in [0.717, 1.165) is 70.6 Å². The van der Waals surface area contributed by atoms with Crippen LogP contribution in [-0.2, 0) is 28.6 Å². The Labute approximate surface area is 375 Å². The molecule has 1 atom stereocenters. The average molecular weight is 847 g/mol. The van der Waals surface area contributed by atoms with Crippen molar-refractivity contribution in [3.8, 4) is 0 Å². The normalized spacial score (nSPS) is 12.9. The quantitative estimate of drug-likeness (QED) is 0.0200. The molecule has 0 aromatic rings. The predicted molar refractivity (Wildman–Crippen MR) is 260 cm³/mol. The van der Waals surface area contributed by atoms with Gasteiger partial charge in [-0.3, -0.25) is 14.4 Å². The van der Waals surface area contributed by atoms with E-state index in [2.05, 4.69) is 69.4 Å². The Morgan fingerprint density at radius 1 is 0.361 bits per heavy atom. The number of allylic oxidation sites excluding steroid dienone is 16. The molecule has 6 heteroatoms. The van der Waals surface area contributed by atoms with Gasteiger partial charge in [-0.1, -0.05) is 227 Å². The molecule has 0 spiro atoms. The lowest BCUT2D eigenvalue weighted by molar-refractivity contribution is -0.167. The maximum atomic E-state index is 12.8. The Morgan fingerprint density at radius 3 is 1.25 bits per heavy atom. The predicted octanol–water partition coefficient (Wildman–Crippen LogP) is 16.2. The maximum Gasteiger partial charge on any atom is 0.306 e. The number of rotatable bonds is 43. The van der Waals surface area contributed by atoms with Gasteiger partial charge in [-0.15, -0.1) is 0 Å². The molecule has 0 fully saturated rings. The fraction of sp³-hybridized carbons (Fsp3) is 0.655. The topological polar surface area (TPSA) is 78.9 Å². The van der Waals surface area contributed by atoms with Crippen LogP contribution in [0.15, 0.2) is 97.2 Å². The minimum absolute atomic E-state index is 0.110. The zero-order chi connectivity index (χ0) is 44.4. The van der Waals surface area contributed by atoms with Crippen molar-refractivity contribution in [1.82, 2.24) is 0 Å². The lowest BCUT2D eigenvalue weighted by Crippen LogP contribution is -2.30. The van der Waals surface area contributed by atoms with E-state index in [-0.39, 0.29) is 44.0 Å². The van der Waals surface area contributed by atoms with Crippen molar-refractivity contribution in [3.05, 3.63) is 97.2 Å². The maximum absolute atomic E-state index is 12.8. The number of hydrogen-bond donors (Lipinski definition) is 0. The van der Waals surface area contributed by atoms with Crippen LogP contribution in [-0.4, -0.2) is 37.2 Å². The van der Waals surface area contributed by atoms with E-state index >= 15 is 0 Å². The van der Waals surface area contributed by atoms with Crippen LogP contribution in [0.3, 0.4) is 0 Å². The molecule has 0 rings (SSSR count). The van der Waals surface area contributed by atoms with Crippen LogP contribution in [0.4, 0.5) is 0 Å². The molecular weight excluding hydrogens is 757 g/mol. The molecule has 61 heavy (non-hydrogen) atoms. The van der Waals surface area contributed by atoms with Crippen LogP contribution >= 0.6 is 0 Å². The smallest absolute Gasteiger partial charge is 0.306 e. The second kappa shape index (κ2) is 49.0. The summed E-state index contributed by atoms with van der Waals surface area (Å²) in [7, 11) is 0. The highest BCUT2D eigenvalue weighted by atomic mass is 16.6. The standard InChI is InChI=1S/C55H90O6/c1-4-7-10-13-16-19-22-24-26-27-29-30-33-36-39-42-45-48-54(57)60-51-52(50-59-53(56)47-44-41-38-35-32-21-18-15-12-9-6-3)61-55(58)49-46-43-40-37-34-31-28-25-23-20-17-14-11-8-5-2/h8-9,11-12,14,17-18,20-21,23,25,28,31,34-35,38,52H,4-7,10,13,15-16,19,22,24,26-27,29-30,32-33,36-37,39-51H2,1-3H3/b11-8-,12-9-,17-14-,21-18-,23-20-,28-25-,34-31-,38-35-. The third-order valence-electron chi connectivity index (χ3n) is 10.2. The Morgan fingerprint density at radius 2 is 0.738 bits per heavy atom. The molecule has 0 aliphatic carbocycles. The van der Waals surface area contributed by atoms with Crippen LogP contribution < -0.4 is 0 Å². The minimum atomic E-state index is -0.818. The van der Waals surface area contributed by atoms with Gasteiger partial charge >= 0.3 is 17.9 Å². The summed E-state index contributed by atoms with van der Waals surface area (Å²) in [6.07, 6.45) is 64.0. The Kier molecular flexibility index (Phi) is 46.0. The first kappa shape index (κ1) is 57.3. The van der Waals surface area contributed by atoms with Gasteiger partial charge in [0, 0.05) is 19.3 Å². The van der Waals surface area contributed by atoms with Gasteiger partial charge in [0.1, 0.15) is 13.2 Å². The Balaban J connectivity index is 4.47. The first-order valence-electron chi connectivity index (χ1n) is 24.8. The first-order valence-corrected chi connectivity index (χ1v) is 24.8. The summed E-state index contributed by atoms with van der Waals surface area (Å²) in [5.74, 6) is -1.01. The third kappa shape index (κ3) is 47.2. The van der Waals surface area contributed by atoms with Crippen molar-refractivity contribution in [2.75, 3.05) is 13.2 Å². The zero-order valence-corrected chi connectivity index (χ0v) is 39.4. The van der Waals surface area contributed by atoms with Crippen LogP contribution in [0.5, 0.6) is 0 Å². The minimum Gasteiger partial charge on any atom is -0.462 e. The summed E-state index contributed by atoms with van der Waals surface area (Å²) in [4.78, 5) is 37.9. The van der Waals surface area contributed by atoms with Gasteiger partial charge in [-0.05, 0) is 64.2 Å². The first-order chi connectivity index (χ1) is 30.0. The van der Waals surface area contributed by atoms with E-state index in [1.165, 1.54) is 89.9 Å². The van der Waals surface area contributed by atoms with Crippen molar-refractivity contribution < 1.29 is 28.6 Å². The van der Waals surface area contributed by atoms with Crippen LogP contribution in [0.2, 0.25) is 0 Å². The van der Waals surface area contributed by atoms with E-state index in [4.69, 9.17) is 14.2 Å². The Hall–Kier alpha value is -3.67. The second-order valence-corrected chi connectivity index (χ2v) is 16.1. The van der Waals surface area contributed by atoms with Crippen molar-refractivity contribution in [1.29, 1.82) is 0 Å². The summed E-state index contributed by atoms with van der Waals surface area (Å²) < 4.78 is 16.7. The number of unbranched alkanes of at least 4 members (excludes halogenated alkanes) is 20. The summed E-state index contributed by atoms with van der Waals surface area (Å²) >= 11 is 0. The second-order valence-electron chi connectivity index (χ2n) is 16.1. The summed E-state index contributed by atoms with van der Waals surface area (Å²) in [6, 6.07) is 0. The third-order valence-corrected chi connectivity index (χ3v) is 10.2. The van der Waals surface area contributed by atoms with E-state index in [0.29, 0.717) is 19.3 Å². The van der Waals surface area contributed by atoms with Gasteiger partial charge < -0.3 is 14.2 Å².